The highest BCUT2D eigenvalue weighted by atomic mass is 35.5. The average Bonchev–Trinajstić information content (AvgIpc) is 3.50. The topological polar surface area (TPSA) is 75.7 Å². The van der Waals surface area contributed by atoms with Gasteiger partial charge < -0.3 is 15.0 Å². The second kappa shape index (κ2) is 9.60. The van der Waals surface area contributed by atoms with Gasteiger partial charge in [0.25, 0.3) is 5.91 Å². The molecular formula is C24H33ClN2O4. The predicted octanol–water partition coefficient (Wildman–Crippen LogP) is 4.10. The molecule has 2 fully saturated rings. The van der Waals surface area contributed by atoms with Crippen molar-refractivity contribution >= 4 is 29.2 Å². The van der Waals surface area contributed by atoms with Crippen LogP contribution in [0, 0.1) is 17.3 Å². The summed E-state index contributed by atoms with van der Waals surface area (Å²) in [5.74, 6) is 0.229. The van der Waals surface area contributed by atoms with Crippen LogP contribution in [0.25, 0.3) is 0 Å². The summed E-state index contributed by atoms with van der Waals surface area (Å²) in [5, 5.41) is 3.48. The number of nitrogens with one attached hydrogen (secondary N) is 1. The van der Waals surface area contributed by atoms with Gasteiger partial charge in [0, 0.05) is 23.5 Å². The van der Waals surface area contributed by atoms with E-state index in [2.05, 4.69) is 19.2 Å². The maximum atomic E-state index is 13.1. The minimum absolute atomic E-state index is 0.140. The molecule has 2 amide bonds. The van der Waals surface area contributed by atoms with Crippen molar-refractivity contribution in [2.24, 2.45) is 17.3 Å². The first-order chi connectivity index (χ1) is 14.6. The molecule has 2 atom stereocenters. The zero-order valence-electron chi connectivity index (χ0n) is 18.9. The van der Waals surface area contributed by atoms with E-state index in [9.17, 15) is 14.4 Å². The third-order valence-corrected chi connectivity index (χ3v) is 6.64. The number of ether oxygens (including phenoxy) is 1. The summed E-state index contributed by atoms with van der Waals surface area (Å²) in [5.41, 5.74) is 0.107. The molecule has 1 heterocycles. The zero-order valence-corrected chi connectivity index (χ0v) is 19.6. The first kappa shape index (κ1) is 23.6. The van der Waals surface area contributed by atoms with Gasteiger partial charge in [0.15, 0.2) is 5.78 Å². The van der Waals surface area contributed by atoms with Gasteiger partial charge in [-0.25, -0.2) is 0 Å². The molecule has 3 rings (SSSR count). The number of nitrogens with zero attached hydrogens (tertiary/aromatic N) is 1. The second-order valence-corrected chi connectivity index (χ2v) is 9.99. The Kier molecular flexibility index (Phi) is 7.30. The first-order valence-corrected chi connectivity index (χ1v) is 11.5. The SMILES string of the molecule is COc1ccc(Cl)cc1C(=O)N1CCCC(C(=O)N[C@@H](CC(C)C)C(=O)C2(C)CC2)C1. The van der Waals surface area contributed by atoms with Crippen molar-refractivity contribution in [1.29, 1.82) is 0 Å². The number of halogens is 1. The molecule has 1 saturated heterocycles. The molecule has 0 radical (unpaired) electrons. The number of hydrogen-bond acceptors (Lipinski definition) is 4. The minimum atomic E-state index is -0.459. The minimum Gasteiger partial charge on any atom is -0.496 e. The van der Waals surface area contributed by atoms with Crippen molar-refractivity contribution in [3.63, 3.8) is 0 Å². The van der Waals surface area contributed by atoms with E-state index in [-0.39, 0.29) is 28.9 Å². The Balaban J connectivity index is 1.69. The Bertz CT molecular complexity index is 850. The van der Waals surface area contributed by atoms with Gasteiger partial charge in [0.1, 0.15) is 5.75 Å². The van der Waals surface area contributed by atoms with Crippen molar-refractivity contribution < 1.29 is 19.1 Å². The quantitative estimate of drug-likeness (QED) is 0.649. The Labute approximate surface area is 189 Å². The van der Waals surface area contributed by atoms with Gasteiger partial charge in [-0.05, 0) is 56.2 Å². The lowest BCUT2D eigenvalue weighted by molar-refractivity contribution is -0.133. The highest BCUT2D eigenvalue weighted by molar-refractivity contribution is 6.31. The van der Waals surface area contributed by atoms with Gasteiger partial charge in [0.05, 0.1) is 24.6 Å². The van der Waals surface area contributed by atoms with Crippen LogP contribution >= 0.6 is 11.6 Å². The van der Waals surface area contributed by atoms with E-state index < -0.39 is 6.04 Å². The van der Waals surface area contributed by atoms with Crippen LogP contribution in [-0.2, 0) is 9.59 Å². The van der Waals surface area contributed by atoms with E-state index >= 15 is 0 Å². The number of amides is 2. The molecule has 31 heavy (non-hydrogen) atoms. The van der Waals surface area contributed by atoms with Crippen LogP contribution in [0.4, 0.5) is 0 Å². The summed E-state index contributed by atoms with van der Waals surface area (Å²) in [4.78, 5) is 40.8. The number of likely N-dealkylation sites (tertiary alicyclic amines) is 1. The number of ketones is 1. The molecule has 1 aliphatic carbocycles. The molecule has 170 valence electrons. The normalized spacial score (nSPS) is 20.8. The summed E-state index contributed by atoms with van der Waals surface area (Å²) in [6, 6.07) is 4.49. The summed E-state index contributed by atoms with van der Waals surface area (Å²) < 4.78 is 5.32. The van der Waals surface area contributed by atoms with E-state index in [0.717, 1.165) is 19.3 Å². The molecule has 1 aromatic carbocycles. The molecule has 6 nitrogen and oxygen atoms in total. The van der Waals surface area contributed by atoms with E-state index in [0.29, 0.717) is 48.2 Å². The third-order valence-electron chi connectivity index (χ3n) is 6.41. The van der Waals surface area contributed by atoms with Gasteiger partial charge in [-0.1, -0.05) is 32.4 Å². The lowest BCUT2D eigenvalue weighted by Crippen LogP contribution is -2.50. The maximum absolute atomic E-state index is 13.1. The standard InChI is InChI=1S/C24H33ClN2O4/c1-15(2)12-19(21(28)24(3)9-10-24)26-22(29)16-6-5-11-27(14-16)23(30)18-13-17(25)7-8-20(18)31-4/h7-8,13,15-16,19H,5-6,9-12,14H2,1-4H3,(H,26,29)/t16?,19-/m0/s1. The van der Waals surface area contributed by atoms with Crippen LogP contribution in [0.15, 0.2) is 18.2 Å². The summed E-state index contributed by atoms with van der Waals surface area (Å²) in [6.45, 7) is 6.99. The Morgan fingerprint density at radius 2 is 2.00 bits per heavy atom. The van der Waals surface area contributed by atoms with E-state index in [4.69, 9.17) is 16.3 Å². The average molecular weight is 449 g/mol. The van der Waals surface area contributed by atoms with Crippen LogP contribution in [0.2, 0.25) is 5.02 Å². The number of carbonyl (C=O) groups is 3. The lowest BCUT2D eigenvalue weighted by Gasteiger charge is -2.33. The second-order valence-electron chi connectivity index (χ2n) is 9.55. The van der Waals surface area contributed by atoms with E-state index in [1.165, 1.54) is 7.11 Å². The van der Waals surface area contributed by atoms with Crippen molar-refractivity contribution in [1.82, 2.24) is 10.2 Å². The summed E-state index contributed by atoms with van der Waals surface area (Å²) >= 11 is 6.08. The summed E-state index contributed by atoms with van der Waals surface area (Å²) in [6.07, 6.45) is 3.84. The van der Waals surface area contributed by atoms with Crippen molar-refractivity contribution in [2.75, 3.05) is 20.2 Å². The number of benzene rings is 1. The van der Waals surface area contributed by atoms with Gasteiger partial charge in [-0.15, -0.1) is 0 Å². The smallest absolute Gasteiger partial charge is 0.257 e. The number of rotatable bonds is 8. The Morgan fingerprint density at radius 3 is 2.61 bits per heavy atom. The largest absolute Gasteiger partial charge is 0.496 e. The fraction of sp³-hybridized carbons (Fsp3) is 0.625. The monoisotopic (exact) mass is 448 g/mol. The van der Waals surface area contributed by atoms with E-state index in [1.807, 2.05) is 6.92 Å². The molecule has 0 aromatic heterocycles. The van der Waals surface area contributed by atoms with Gasteiger partial charge in [-0.3, -0.25) is 14.4 Å². The van der Waals surface area contributed by atoms with E-state index in [1.54, 1.807) is 23.1 Å². The number of Topliss-reactive ketones (excluding diaryl/α,β-unsaturated/α-hetero) is 1. The highest BCUT2D eigenvalue weighted by Crippen LogP contribution is 2.47. The van der Waals surface area contributed by atoms with Crippen LogP contribution in [-0.4, -0.2) is 48.7 Å². The van der Waals surface area contributed by atoms with Gasteiger partial charge in [0.2, 0.25) is 5.91 Å². The zero-order chi connectivity index (χ0) is 22.8. The van der Waals surface area contributed by atoms with Crippen LogP contribution < -0.4 is 10.1 Å². The first-order valence-electron chi connectivity index (χ1n) is 11.1. The fourth-order valence-corrected chi connectivity index (χ4v) is 4.41. The number of carbonyl (C=O) groups excluding carboxylic acids is 3. The molecular weight excluding hydrogens is 416 g/mol. The van der Waals surface area contributed by atoms with Crippen molar-refractivity contribution in [3.05, 3.63) is 28.8 Å². The molecule has 1 N–H and O–H groups in total. The molecule has 0 bridgehead atoms. The Hall–Kier alpha value is -2.08. The summed E-state index contributed by atoms with van der Waals surface area (Å²) in [7, 11) is 1.51. The number of hydrogen-bond donors (Lipinski definition) is 1. The van der Waals surface area contributed by atoms with Crippen molar-refractivity contribution in [3.8, 4) is 5.75 Å². The maximum Gasteiger partial charge on any atom is 0.257 e. The molecule has 1 saturated carbocycles. The molecule has 7 heteroatoms. The fourth-order valence-electron chi connectivity index (χ4n) is 4.24. The van der Waals surface area contributed by atoms with Crippen LogP contribution in [0.5, 0.6) is 5.75 Å². The molecule has 0 spiro atoms. The van der Waals surface area contributed by atoms with Gasteiger partial charge in [-0.2, -0.15) is 0 Å². The Morgan fingerprint density at radius 1 is 1.29 bits per heavy atom. The lowest BCUT2D eigenvalue weighted by atomic mass is 9.90. The van der Waals surface area contributed by atoms with Crippen molar-refractivity contribution in [2.45, 2.75) is 58.9 Å². The van der Waals surface area contributed by atoms with Crippen LogP contribution in [0.3, 0.4) is 0 Å². The number of methoxy groups -OCH3 is 1. The van der Waals surface area contributed by atoms with Crippen LogP contribution in [0.1, 0.15) is 63.2 Å². The van der Waals surface area contributed by atoms with Gasteiger partial charge >= 0.3 is 0 Å². The highest BCUT2D eigenvalue weighted by Gasteiger charge is 2.48. The molecule has 1 aliphatic heterocycles. The molecule has 1 aromatic rings. The predicted molar refractivity (Wildman–Crippen MR) is 120 cm³/mol. The third kappa shape index (κ3) is 5.59. The molecule has 1 unspecified atom stereocenters. The molecule has 2 aliphatic rings. The number of piperidine rings is 1.